The minimum Gasteiger partial charge on any atom is -0.508 e. The Labute approximate surface area is 275 Å². The van der Waals surface area contributed by atoms with Crippen molar-refractivity contribution >= 4 is 5.97 Å². The van der Waals surface area contributed by atoms with Gasteiger partial charge in [0.25, 0.3) is 0 Å². The van der Waals surface area contributed by atoms with E-state index in [2.05, 4.69) is 48.6 Å². The fourth-order valence-corrected chi connectivity index (χ4v) is 9.83. The Kier molecular flexibility index (Phi) is 10.7. The monoisotopic (exact) mass is 626 g/mol. The first-order valence-electron chi connectivity index (χ1n) is 18.1. The highest BCUT2D eigenvalue weighted by atomic mass is 16.4. The number of aliphatic carboxylic acids is 1. The number of carboxylic acids is 1. The number of rotatable bonds is 10. The van der Waals surface area contributed by atoms with Crippen LogP contribution in [0.3, 0.4) is 0 Å². The quantitative estimate of drug-likeness (QED) is 0.157. The molecule has 2 aromatic carbocycles. The van der Waals surface area contributed by atoms with Crippen LogP contribution in [0.1, 0.15) is 118 Å². The smallest absolute Gasteiger partial charge is 0.307 e. The first-order chi connectivity index (χ1) is 22.4. The Hall–Kier alpha value is -2.89. The highest BCUT2D eigenvalue weighted by molar-refractivity contribution is 5.73. The van der Waals surface area contributed by atoms with Crippen LogP contribution in [-0.4, -0.2) is 39.1 Å². The molecule has 7 atom stereocenters. The third-order valence-electron chi connectivity index (χ3n) is 12.2. The van der Waals surface area contributed by atoms with Gasteiger partial charge in [0.05, 0.1) is 18.6 Å². The van der Waals surface area contributed by atoms with Crippen LogP contribution in [0.5, 0.6) is 5.75 Å². The number of hydrogen-bond acceptors (Lipinski definition) is 4. The summed E-state index contributed by atoms with van der Waals surface area (Å²) < 4.78 is 0. The maximum Gasteiger partial charge on any atom is 0.307 e. The highest BCUT2D eigenvalue weighted by Gasteiger charge is 2.54. The Morgan fingerprint density at radius 1 is 0.870 bits per heavy atom. The molecule has 4 aliphatic rings. The number of hydrogen-bond donors (Lipinski definition) is 4. The molecule has 0 saturated heterocycles. The van der Waals surface area contributed by atoms with Gasteiger partial charge in [-0.25, -0.2) is 0 Å². The average Bonchev–Trinajstić information content (AvgIpc) is 3.52. The number of carbonyl (C=O) groups is 1. The molecule has 0 aromatic heterocycles. The normalized spacial score (nSPS) is 31.0. The predicted octanol–water partition coefficient (Wildman–Crippen LogP) is 8.40. The number of aromatic hydroxyl groups is 1. The predicted molar refractivity (Wildman–Crippen MR) is 183 cm³/mol. The van der Waals surface area contributed by atoms with Crippen molar-refractivity contribution in [1.29, 1.82) is 0 Å². The van der Waals surface area contributed by atoms with Gasteiger partial charge in [-0.1, -0.05) is 74.2 Å². The molecule has 0 aliphatic heterocycles. The van der Waals surface area contributed by atoms with Crippen molar-refractivity contribution in [2.45, 2.75) is 120 Å². The number of aliphatic hydroxyl groups is 2. The zero-order chi connectivity index (χ0) is 32.1. The Bertz CT molecular complexity index is 1390. The van der Waals surface area contributed by atoms with Crippen molar-refractivity contribution in [3.63, 3.8) is 0 Å². The van der Waals surface area contributed by atoms with Crippen LogP contribution in [0.2, 0.25) is 0 Å². The number of benzene rings is 2. The van der Waals surface area contributed by atoms with Gasteiger partial charge in [0.15, 0.2) is 0 Å². The topological polar surface area (TPSA) is 98.0 Å². The molecule has 0 radical (unpaired) electrons. The van der Waals surface area contributed by atoms with Gasteiger partial charge >= 0.3 is 5.97 Å². The molecule has 4 N–H and O–H groups in total. The second kappa shape index (κ2) is 14.9. The van der Waals surface area contributed by atoms with Crippen LogP contribution in [0, 0.1) is 23.7 Å². The van der Waals surface area contributed by atoms with E-state index < -0.39 is 23.4 Å². The van der Waals surface area contributed by atoms with E-state index in [4.69, 9.17) is 0 Å². The molecule has 6 rings (SSSR count). The summed E-state index contributed by atoms with van der Waals surface area (Å²) >= 11 is 0. The molecule has 5 nitrogen and oxygen atoms in total. The SMILES string of the molecule is O=C(O)C1CC=CCC(CCCCCCC2C=C(CO)CC2)C(c2ccc(O)cc2)Cc2ccc3c(c2)C12CC(O)CCC2CC3. The zero-order valence-corrected chi connectivity index (χ0v) is 27.5. The van der Waals surface area contributed by atoms with Crippen LogP contribution in [0.15, 0.2) is 66.3 Å². The summed E-state index contributed by atoms with van der Waals surface area (Å²) in [6.45, 7) is 0.210. The molecule has 0 heterocycles. The summed E-state index contributed by atoms with van der Waals surface area (Å²) in [4.78, 5) is 13.0. The molecule has 1 saturated carbocycles. The van der Waals surface area contributed by atoms with Crippen molar-refractivity contribution in [2.24, 2.45) is 23.7 Å². The average molecular weight is 627 g/mol. The minimum atomic E-state index is -0.738. The lowest BCUT2D eigenvalue weighted by molar-refractivity contribution is -0.147. The maximum absolute atomic E-state index is 13.0. The molecule has 2 aromatic rings. The van der Waals surface area contributed by atoms with E-state index in [1.807, 2.05) is 12.1 Å². The zero-order valence-electron chi connectivity index (χ0n) is 27.5. The van der Waals surface area contributed by atoms with Crippen LogP contribution in [-0.2, 0) is 23.1 Å². The summed E-state index contributed by atoms with van der Waals surface area (Å²) in [5, 5.41) is 41.2. The molecular formula is C41H54O5. The van der Waals surface area contributed by atoms with Gasteiger partial charge in [-0.3, -0.25) is 4.79 Å². The first-order valence-corrected chi connectivity index (χ1v) is 18.1. The number of allylic oxidation sites excluding steroid dienone is 3. The second-order valence-corrected chi connectivity index (χ2v) is 15.0. The van der Waals surface area contributed by atoms with Gasteiger partial charge in [-0.15, -0.1) is 0 Å². The van der Waals surface area contributed by atoms with E-state index in [0.29, 0.717) is 24.7 Å². The highest BCUT2D eigenvalue weighted by Crippen LogP contribution is 2.56. The van der Waals surface area contributed by atoms with Gasteiger partial charge in [-0.2, -0.15) is 0 Å². The fourth-order valence-electron chi connectivity index (χ4n) is 9.83. The van der Waals surface area contributed by atoms with Gasteiger partial charge in [-0.05, 0) is 141 Å². The summed E-state index contributed by atoms with van der Waals surface area (Å²) in [5.74, 6) is 0.598. The molecule has 46 heavy (non-hydrogen) atoms. The van der Waals surface area contributed by atoms with Gasteiger partial charge < -0.3 is 20.4 Å². The number of unbranched alkanes of at least 4 members (excludes halogenated alkanes) is 3. The van der Waals surface area contributed by atoms with E-state index in [1.54, 1.807) is 0 Å². The van der Waals surface area contributed by atoms with Crippen LogP contribution in [0.4, 0.5) is 0 Å². The number of fused-ring (bicyclic) bond motifs is 1. The van der Waals surface area contributed by atoms with Crippen molar-refractivity contribution in [2.75, 3.05) is 6.61 Å². The van der Waals surface area contributed by atoms with Crippen molar-refractivity contribution < 1.29 is 25.2 Å². The number of aliphatic hydroxyl groups excluding tert-OH is 2. The molecular weight excluding hydrogens is 572 g/mol. The summed E-state index contributed by atoms with van der Waals surface area (Å²) in [6, 6.07) is 14.7. The Balaban J connectivity index is 1.26. The minimum absolute atomic E-state index is 0.210. The molecule has 1 fully saturated rings. The Morgan fingerprint density at radius 2 is 1.65 bits per heavy atom. The van der Waals surface area contributed by atoms with Gasteiger partial charge in [0.2, 0.25) is 0 Å². The largest absolute Gasteiger partial charge is 0.508 e. The van der Waals surface area contributed by atoms with E-state index in [1.165, 1.54) is 66.4 Å². The van der Waals surface area contributed by atoms with Crippen LogP contribution in [0.25, 0.3) is 0 Å². The molecule has 7 unspecified atom stereocenters. The summed E-state index contributed by atoms with van der Waals surface area (Å²) in [7, 11) is 0. The summed E-state index contributed by atoms with van der Waals surface area (Å²) in [5.41, 5.74) is 5.62. The Morgan fingerprint density at radius 3 is 2.41 bits per heavy atom. The number of phenolic OH excluding ortho intramolecular Hbond substituents is 1. The lowest BCUT2D eigenvalue weighted by Crippen LogP contribution is -2.53. The molecule has 2 bridgehead atoms. The lowest BCUT2D eigenvalue weighted by Gasteiger charge is -2.53. The molecule has 4 aliphatic carbocycles. The van der Waals surface area contributed by atoms with Gasteiger partial charge in [0, 0.05) is 5.41 Å². The maximum atomic E-state index is 13.0. The standard InChI is InChI=1S/C41H54O5/c42-27-30-12-11-28(23-30)7-3-1-2-4-8-31-9-5-6-10-38(40(45)46)41-26-36(44)22-19-34(41)18-15-33-14-13-29(25-39(33)41)24-37(31)32-16-20-35(43)21-17-32/h5-6,13-14,16-17,20-21,23,25,28,31,34,36-38,42-44H,1-4,7-12,15,18-19,22,24,26-27H2,(H,45,46). The van der Waals surface area contributed by atoms with Gasteiger partial charge in [0.1, 0.15) is 5.75 Å². The molecule has 1 spiro atoms. The van der Waals surface area contributed by atoms with Crippen molar-refractivity contribution in [3.05, 3.63) is 88.5 Å². The fraction of sp³-hybridized carbons (Fsp3) is 0.585. The van der Waals surface area contributed by atoms with Crippen LogP contribution >= 0.6 is 0 Å². The first kappa shape index (κ1) is 33.0. The molecule has 5 heteroatoms. The molecule has 248 valence electrons. The van der Waals surface area contributed by atoms with Crippen LogP contribution < -0.4 is 0 Å². The van der Waals surface area contributed by atoms with Crippen molar-refractivity contribution in [3.8, 4) is 5.75 Å². The molecule has 0 amide bonds. The summed E-state index contributed by atoms with van der Waals surface area (Å²) in [6.07, 6.45) is 22.0. The third-order valence-corrected chi connectivity index (χ3v) is 12.2. The van der Waals surface area contributed by atoms with E-state index >= 15 is 0 Å². The van der Waals surface area contributed by atoms with E-state index in [9.17, 15) is 25.2 Å². The third kappa shape index (κ3) is 7.16. The van der Waals surface area contributed by atoms with E-state index in [-0.39, 0.29) is 24.2 Å². The number of aryl methyl sites for hydroxylation is 1. The lowest BCUT2D eigenvalue weighted by atomic mass is 9.51. The van der Waals surface area contributed by atoms with E-state index in [0.717, 1.165) is 51.4 Å². The van der Waals surface area contributed by atoms with Crippen molar-refractivity contribution in [1.82, 2.24) is 0 Å². The number of carboxylic acid groups (broad SMARTS) is 1. The second-order valence-electron chi connectivity index (χ2n) is 15.0. The number of phenols is 1.